The molecule has 0 aliphatic rings. The predicted molar refractivity (Wildman–Crippen MR) is 20.7 cm³/mol. The lowest BCUT2D eigenvalue weighted by Crippen LogP contribution is -1.95. The highest BCUT2D eigenvalue weighted by molar-refractivity contribution is 4.78. The summed E-state index contributed by atoms with van der Waals surface area (Å²) in [7, 11) is 0. The van der Waals surface area contributed by atoms with Crippen molar-refractivity contribution in [3.8, 4) is 0 Å². The molecule has 0 aliphatic carbocycles. The van der Waals surface area contributed by atoms with Crippen LogP contribution in [0.5, 0.6) is 0 Å². The van der Waals surface area contributed by atoms with Crippen LogP contribution in [0.4, 0.5) is 0 Å². The summed E-state index contributed by atoms with van der Waals surface area (Å²) < 4.78 is 0. The van der Waals surface area contributed by atoms with Gasteiger partial charge in [-0.1, -0.05) is 0 Å². The van der Waals surface area contributed by atoms with Gasteiger partial charge in [0.2, 0.25) is 0 Å². The zero-order valence-electron chi connectivity index (χ0n) is 3.23. The van der Waals surface area contributed by atoms with Crippen LogP contribution in [-0.4, -0.2) is 0 Å². The zero-order chi connectivity index (χ0) is 4.24. The Morgan fingerprint density at radius 1 is 1.50 bits per heavy atom. The van der Waals surface area contributed by atoms with Crippen LogP contribution in [0, 0.1) is 12.3 Å². The van der Waals surface area contributed by atoms with Crippen LogP contribution in [0.25, 0.3) is 0 Å². The third-order valence-corrected chi connectivity index (χ3v) is 0.502. The van der Waals surface area contributed by atoms with Gasteiger partial charge in [0.05, 0.1) is 0 Å². The molecule has 1 rings (SSSR count). The Labute approximate surface area is 36.7 Å². The smallest absolute Gasteiger partial charge is 0.206 e. The van der Waals surface area contributed by atoms with Crippen LogP contribution in [0.1, 0.15) is 0 Å². The van der Waals surface area contributed by atoms with Crippen molar-refractivity contribution < 1.29 is 4.98 Å². The molecular weight excluding hydrogens is 74.1 g/mol. The van der Waals surface area contributed by atoms with E-state index in [4.69, 9.17) is 0 Å². The lowest BCUT2D eigenvalue weighted by atomic mass is 10.5. The van der Waals surface area contributed by atoms with Gasteiger partial charge in [0.1, 0.15) is 0 Å². The van der Waals surface area contributed by atoms with Gasteiger partial charge >= 0.3 is 0 Å². The number of H-pyrrole nitrogens is 1. The van der Waals surface area contributed by atoms with Gasteiger partial charge in [-0.15, -0.1) is 0 Å². The Bertz CT molecular complexity index is 75.9. The van der Waals surface area contributed by atoms with Gasteiger partial charge in [-0.2, -0.15) is 0 Å². The lowest BCUT2D eigenvalue weighted by Gasteiger charge is -1.60. The number of hydrogen-bond acceptors (Lipinski definition) is 0. The van der Waals surface area contributed by atoms with Crippen molar-refractivity contribution >= 4 is 0 Å². The highest BCUT2D eigenvalue weighted by atomic mass is 14.6. The fourth-order valence-corrected chi connectivity index (χ4v) is 0.269. The number of nitrogens with one attached hydrogen (secondary N) is 1. The first kappa shape index (κ1) is 3.34. The number of pyridine rings is 1. The SMILES string of the molecule is [c]1c[c][nH+]cc1. The van der Waals surface area contributed by atoms with Crippen LogP contribution in [0.15, 0.2) is 18.3 Å². The fourth-order valence-electron chi connectivity index (χ4n) is 0.269. The highest BCUT2D eigenvalue weighted by Gasteiger charge is 1.69. The molecule has 28 valence electrons. The summed E-state index contributed by atoms with van der Waals surface area (Å²) >= 11 is 0. The van der Waals surface area contributed by atoms with Crippen molar-refractivity contribution in [1.82, 2.24) is 0 Å². The standard InChI is InChI=1S/C5H4N/c1-2-4-6-5-3-1/h2-4,6H/q+1. The Hall–Kier alpha value is -0.850. The molecule has 0 amide bonds. The topological polar surface area (TPSA) is 14.1 Å². The Kier molecular flexibility index (Phi) is 0.865. The van der Waals surface area contributed by atoms with Crippen molar-refractivity contribution in [1.29, 1.82) is 0 Å². The number of rotatable bonds is 0. The van der Waals surface area contributed by atoms with Crippen LogP contribution in [0.3, 0.4) is 0 Å². The van der Waals surface area contributed by atoms with Crippen LogP contribution in [0.2, 0.25) is 0 Å². The van der Waals surface area contributed by atoms with Crippen molar-refractivity contribution in [3.05, 3.63) is 30.6 Å². The van der Waals surface area contributed by atoms with Crippen LogP contribution in [-0.2, 0) is 0 Å². The quantitative estimate of drug-likeness (QED) is 0.418. The second kappa shape index (κ2) is 1.55. The van der Waals surface area contributed by atoms with Crippen LogP contribution < -0.4 is 4.98 Å². The second-order valence-electron chi connectivity index (χ2n) is 0.933. The first-order valence-electron chi connectivity index (χ1n) is 1.74. The minimum atomic E-state index is 1.69. The van der Waals surface area contributed by atoms with E-state index < -0.39 is 0 Å². The molecule has 1 N–H and O–H groups in total. The molecule has 0 saturated carbocycles. The van der Waals surface area contributed by atoms with E-state index in [2.05, 4.69) is 17.2 Å². The highest BCUT2D eigenvalue weighted by Crippen LogP contribution is 1.65. The van der Waals surface area contributed by atoms with E-state index in [1.165, 1.54) is 0 Å². The van der Waals surface area contributed by atoms with E-state index in [0.717, 1.165) is 0 Å². The summed E-state index contributed by atoms with van der Waals surface area (Å²) in [6.07, 6.45) is 4.48. The van der Waals surface area contributed by atoms with E-state index >= 15 is 0 Å². The molecule has 1 aromatic heterocycles. The van der Waals surface area contributed by atoms with Gasteiger partial charge < -0.3 is 0 Å². The molecule has 0 aliphatic heterocycles. The molecule has 0 fully saturated rings. The predicted octanol–water partition coefficient (Wildman–Crippen LogP) is 0.101. The van der Waals surface area contributed by atoms with E-state index in [0.29, 0.717) is 0 Å². The molecule has 1 heterocycles. The molecule has 0 aromatic carbocycles. The van der Waals surface area contributed by atoms with E-state index in [9.17, 15) is 0 Å². The Morgan fingerprint density at radius 3 is 2.67 bits per heavy atom. The van der Waals surface area contributed by atoms with E-state index in [1.807, 2.05) is 0 Å². The van der Waals surface area contributed by atoms with Crippen molar-refractivity contribution in [2.45, 2.75) is 0 Å². The van der Waals surface area contributed by atoms with E-state index in [-0.39, 0.29) is 0 Å². The summed E-state index contributed by atoms with van der Waals surface area (Å²) in [5, 5.41) is 0. The van der Waals surface area contributed by atoms with Gasteiger partial charge in [-0.25, -0.2) is 4.98 Å². The normalized spacial score (nSPS) is 8.00. The summed E-state index contributed by atoms with van der Waals surface area (Å²) in [5.41, 5.74) is 0. The zero-order valence-corrected chi connectivity index (χ0v) is 3.23. The first-order valence-corrected chi connectivity index (χ1v) is 1.74. The molecule has 6 heavy (non-hydrogen) atoms. The monoisotopic (exact) mass is 78.0 g/mol. The van der Waals surface area contributed by atoms with Gasteiger partial charge in [-0.3, -0.25) is 0 Å². The summed E-state index contributed by atoms with van der Waals surface area (Å²) in [5.74, 6) is 0. The average molecular weight is 78.1 g/mol. The molecule has 1 aromatic rings. The summed E-state index contributed by atoms with van der Waals surface area (Å²) in [6.45, 7) is 0. The van der Waals surface area contributed by atoms with Gasteiger partial charge in [0.25, 0.3) is 6.20 Å². The maximum atomic E-state index is 2.81. The molecule has 0 saturated heterocycles. The van der Waals surface area contributed by atoms with Crippen molar-refractivity contribution in [3.63, 3.8) is 0 Å². The fraction of sp³-hybridized carbons (Fsp3) is 0. The minimum absolute atomic E-state index is 1.69. The molecule has 0 spiro atoms. The number of aromatic amines is 1. The van der Waals surface area contributed by atoms with Gasteiger partial charge in [0, 0.05) is 12.1 Å². The Morgan fingerprint density at radius 2 is 2.50 bits per heavy atom. The molecule has 0 unspecified atom stereocenters. The van der Waals surface area contributed by atoms with E-state index in [1.54, 1.807) is 18.3 Å². The molecule has 0 bridgehead atoms. The molecule has 0 atom stereocenters. The number of hydrogen-bond donors (Lipinski definition) is 0. The maximum absolute atomic E-state index is 2.81. The lowest BCUT2D eigenvalue weighted by molar-refractivity contribution is -0.383. The number of aromatic nitrogens is 1. The molecular formula is C5H4N+. The maximum Gasteiger partial charge on any atom is 0.276 e. The third kappa shape index (κ3) is 0.549. The van der Waals surface area contributed by atoms with Crippen molar-refractivity contribution in [2.75, 3.05) is 0 Å². The van der Waals surface area contributed by atoms with Gasteiger partial charge in [0.15, 0.2) is 6.20 Å². The Balaban J connectivity index is 3.00. The molecule has 1 heteroatoms. The third-order valence-electron chi connectivity index (χ3n) is 0.502. The van der Waals surface area contributed by atoms with Crippen LogP contribution >= 0.6 is 0 Å². The summed E-state index contributed by atoms with van der Waals surface area (Å²) in [6, 6.07) is 6.29. The second-order valence-corrected chi connectivity index (χ2v) is 0.933. The van der Waals surface area contributed by atoms with Gasteiger partial charge in [-0.05, 0) is 6.07 Å². The molecule has 1 nitrogen and oxygen atoms in total. The summed E-state index contributed by atoms with van der Waals surface area (Å²) in [4.78, 5) is 2.74. The first-order chi connectivity index (χ1) is 3.00. The average Bonchev–Trinajstić information content (AvgIpc) is 1.72. The van der Waals surface area contributed by atoms with Crippen molar-refractivity contribution in [2.24, 2.45) is 0 Å². The largest absolute Gasteiger partial charge is 0.276 e. The minimum Gasteiger partial charge on any atom is -0.206 e. The molecule has 2 radical (unpaired) electrons.